The van der Waals surface area contributed by atoms with Crippen molar-refractivity contribution in [2.75, 3.05) is 0 Å². The summed E-state index contributed by atoms with van der Waals surface area (Å²) in [5.74, 6) is -0.717. The van der Waals surface area contributed by atoms with Crippen molar-refractivity contribution in [2.24, 2.45) is 0 Å². The second-order valence-corrected chi connectivity index (χ2v) is 10.9. The number of hydrogen-bond donors (Lipinski definition) is 0. The lowest BCUT2D eigenvalue weighted by Gasteiger charge is -2.39. The van der Waals surface area contributed by atoms with E-state index < -0.39 is 31.9 Å². The van der Waals surface area contributed by atoms with E-state index in [0.29, 0.717) is 0 Å². The van der Waals surface area contributed by atoms with Gasteiger partial charge in [0, 0.05) is 40.3 Å². The van der Waals surface area contributed by atoms with E-state index in [0.717, 1.165) is 30.7 Å². The highest BCUT2D eigenvalue weighted by molar-refractivity contribution is 6.23. The number of nitrogens with zero attached hydrogens (tertiary/aromatic N) is 3. The van der Waals surface area contributed by atoms with Gasteiger partial charge in [0.25, 0.3) is 17.1 Å². The maximum atomic E-state index is 12.3. The van der Waals surface area contributed by atoms with Gasteiger partial charge in [-0.25, -0.2) is 0 Å². The molecule has 7 rings (SSSR count). The van der Waals surface area contributed by atoms with Crippen molar-refractivity contribution in [3.8, 4) is 11.1 Å². The third kappa shape index (κ3) is 4.49. The first kappa shape index (κ1) is 27.4. The predicted molar refractivity (Wildman–Crippen MR) is 161 cm³/mol. The number of carbonyl (C=O) groups is 1. The number of rotatable bonds is 3. The van der Waals surface area contributed by atoms with Crippen LogP contribution in [0, 0.1) is 37.3 Å². The molecule has 3 aliphatic rings. The van der Waals surface area contributed by atoms with Crippen molar-refractivity contribution in [3.05, 3.63) is 154 Å². The van der Waals surface area contributed by atoms with Gasteiger partial charge in [-0.2, -0.15) is 0 Å². The maximum Gasteiger partial charge on any atom is 0.284 e. The van der Waals surface area contributed by atoms with Crippen LogP contribution in [-0.4, -0.2) is 20.6 Å². The molecule has 212 valence electrons. The first-order valence-corrected chi connectivity index (χ1v) is 13.4. The third-order valence-electron chi connectivity index (χ3n) is 8.27. The number of nitro benzene ring substituents is 3. The Bertz CT molecular complexity index is 1990. The zero-order valence-electron chi connectivity index (χ0n) is 23.1. The van der Waals surface area contributed by atoms with Crippen LogP contribution in [0.2, 0.25) is 0 Å². The van der Waals surface area contributed by atoms with E-state index in [-0.39, 0.29) is 33.4 Å². The van der Waals surface area contributed by atoms with Crippen LogP contribution in [0.4, 0.5) is 17.1 Å². The van der Waals surface area contributed by atoms with Crippen LogP contribution < -0.4 is 0 Å². The van der Waals surface area contributed by atoms with Gasteiger partial charge in [-0.15, -0.1) is 0 Å². The Morgan fingerprint density at radius 2 is 1.44 bits per heavy atom. The minimum atomic E-state index is -0.841. The van der Waals surface area contributed by atoms with Crippen molar-refractivity contribution in [3.63, 3.8) is 0 Å². The molecule has 0 saturated heterocycles. The summed E-state index contributed by atoms with van der Waals surface area (Å²) < 4.78 is 0. The average molecular weight is 574 g/mol. The Morgan fingerprint density at radius 1 is 0.721 bits per heavy atom. The highest BCUT2D eigenvalue weighted by atomic mass is 16.6. The van der Waals surface area contributed by atoms with Crippen LogP contribution in [-0.2, 0) is 11.8 Å². The molecule has 4 aromatic rings. The van der Waals surface area contributed by atoms with E-state index in [1.165, 1.54) is 39.5 Å². The molecular weight excluding hydrogens is 550 g/mol. The van der Waals surface area contributed by atoms with Crippen molar-refractivity contribution < 1.29 is 19.6 Å². The SMILES string of the molecule is Cc1ccc2c(c1)C=CC1=Cc3ccccc3CC12C.O=C1c2cc([N+](=O)[O-])ccc2-c2c1cc([N+](=O)[O-])cc2[N+](=O)[O-]. The van der Waals surface area contributed by atoms with Crippen molar-refractivity contribution in [1.29, 1.82) is 0 Å². The van der Waals surface area contributed by atoms with E-state index in [4.69, 9.17) is 0 Å². The number of ketones is 1. The summed E-state index contributed by atoms with van der Waals surface area (Å²) in [7, 11) is 0. The number of fused-ring (bicyclic) bond motifs is 7. The normalized spacial score (nSPS) is 16.8. The molecule has 0 bridgehead atoms. The Balaban J connectivity index is 0.000000154. The summed E-state index contributed by atoms with van der Waals surface area (Å²) in [5, 5.41) is 32.9. The highest BCUT2D eigenvalue weighted by Gasteiger charge is 2.38. The van der Waals surface area contributed by atoms with Crippen LogP contribution >= 0.6 is 0 Å². The van der Waals surface area contributed by atoms with Crippen LogP contribution in [0.1, 0.15) is 50.7 Å². The zero-order chi connectivity index (χ0) is 30.6. The molecule has 0 N–H and O–H groups in total. The topological polar surface area (TPSA) is 146 Å². The van der Waals surface area contributed by atoms with Crippen LogP contribution in [0.15, 0.2) is 84.4 Å². The van der Waals surface area contributed by atoms with E-state index in [1.807, 2.05) is 0 Å². The Labute approximate surface area is 245 Å². The Hall–Kier alpha value is -5.77. The second-order valence-electron chi connectivity index (χ2n) is 10.9. The fourth-order valence-corrected chi connectivity index (χ4v) is 6.15. The predicted octanol–water partition coefficient (Wildman–Crippen LogP) is 7.54. The number of carbonyl (C=O) groups excluding carboxylic acids is 1. The number of allylic oxidation sites excluding steroid dienone is 2. The minimum absolute atomic E-state index is 0.0597. The fourth-order valence-electron chi connectivity index (χ4n) is 6.15. The molecule has 0 radical (unpaired) electrons. The molecule has 0 spiro atoms. The van der Waals surface area contributed by atoms with E-state index in [9.17, 15) is 35.1 Å². The highest BCUT2D eigenvalue weighted by Crippen LogP contribution is 2.47. The molecule has 0 saturated carbocycles. The Kier molecular flexibility index (Phi) is 6.34. The summed E-state index contributed by atoms with van der Waals surface area (Å²) in [6, 6.07) is 20.7. The molecule has 10 nitrogen and oxygen atoms in total. The first-order valence-electron chi connectivity index (χ1n) is 13.4. The van der Waals surface area contributed by atoms with Crippen molar-refractivity contribution in [2.45, 2.75) is 25.7 Å². The Morgan fingerprint density at radius 3 is 2.16 bits per heavy atom. The summed E-state index contributed by atoms with van der Waals surface area (Å²) in [6.45, 7) is 4.55. The molecule has 4 aromatic carbocycles. The number of non-ortho nitro benzene ring substituents is 2. The van der Waals surface area contributed by atoms with E-state index in [2.05, 4.69) is 74.5 Å². The minimum Gasteiger partial charge on any atom is -0.289 e. The van der Waals surface area contributed by atoms with Gasteiger partial charge in [0.2, 0.25) is 0 Å². The molecule has 0 amide bonds. The number of hydrogen-bond acceptors (Lipinski definition) is 7. The third-order valence-corrected chi connectivity index (χ3v) is 8.27. The largest absolute Gasteiger partial charge is 0.289 e. The molecule has 3 aliphatic carbocycles. The van der Waals surface area contributed by atoms with Gasteiger partial charge in [-0.3, -0.25) is 35.1 Å². The molecule has 0 aliphatic heterocycles. The van der Waals surface area contributed by atoms with Gasteiger partial charge in [-0.1, -0.05) is 73.2 Å². The van der Waals surface area contributed by atoms with Gasteiger partial charge < -0.3 is 0 Å². The zero-order valence-corrected chi connectivity index (χ0v) is 23.1. The molecule has 0 heterocycles. The number of aryl methyl sites for hydroxylation is 1. The fraction of sp³-hybridized carbons (Fsp3) is 0.121. The first-order chi connectivity index (χ1) is 20.5. The maximum absolute atomic E-state index is 12.3. The van der Waals surface area contributed by atoms with Crippen LogP contribution in [0.25, 0.3) is 23.3 Å². The molecule has 43 heavy (non-hydrogen) atoms. The second kappa shape index (κ2) is 9.95. The van der Waals surface area contributed by atoms with Crippen molar-refractivity contribution >= 4 is 35.0 Å². The monoisotopic (exact) mass is 573 g/mol. The van der Waals surface area contributed by atoms with E-state index >= 15 is 0 Å². The average Bonchev–Trinajstić information content (AvgIpc) is 3.26. The number of benzene rings is 4. The van der Waals surface area contributed by atoms with Gasteiger partial charge >= 0.3 is 0 Å². The lowest BCUT2D eigenvalue weighted by atomic mass is 9.64. The quantitative estimate of drug-likeness (QED) is 0.160. The van der Waals surface area contributed by atoms with Gasteiger partial charge in [0.05, 0.1) is 26.4 Å². The van der Waals surface area contributed by atoms with Crippen LogP contribution in [0.5, 0.6) is 0 Å². The lowest BCUT2D eigenvalue weighted by Crippen LogP contribution is -2.32. The van der Waals surface area contributed by atoms with E-state index in [1.54, 1.807) is 0 Å². The lowest BCUT2D eigenvalue weighted by molar-refractivity contribution is -0.393. The van der Waals surface area contributed by atoms with Gasteiger partial charge in [0.1, 0.15) is 0 Å². The van der Waals surface area contributed by atoms with Gasteiger partial charge in [-0.05, 0) is 47.2 Å². The van der Waals surface area contributed by atoms with Crippen LogP contribution in [0.3, 0.4) is 0 Å². The molecule has 10 heteroatoms. The number of nitro groups is 3. The molecule has 1 atom stereocenters. The standard InChI is InChI=1S/C20H18.C13H5N3O7/c1-14-7-10-19-16(11-14)8-9-18-12-15-5-3-4-6-17(15)13-20(18,19)2;17-13-9-3-6(14(18)19)1-2-8(9)12-10(13)4-7(15(20)21)5-11(12)16(22)23/h3-12H,13H2,1-2H3;1-5H. The molecule has 0 aromatic heterocycles. The summed E-state index contributed by atoms with van der Waals surface area (Å²) in [4.78, 5) is 42.8. The summed E-state index contributed by atoms with van der Waals surface area (Å²) >= 11 is 0. The summed E-state index contributed by atoms with van der Waals surface area (Å²) in [5.41, 5.74) is 6.84. The molecule has 1 unspecified atom stereocenters. The smallest absolute Gasteiger partial charge is 0.284 e. The molecule has 0 fully saturated rings. The van der Waals surface area contributed by atoms with Gasteiger partial charge in [0.15, 0.2) is 5.78 Å². The summed E-state index contributed by atoms with van der Waals surface area (Å²) in [6.07, 6.45) is 8.02. The molecular formula is C33H23N3O7. The van der Waals surface area contributed by atoms with Crippen molar-refractivity contribution in [1.82, 2.24) is 0 Å².